The molecular formula is C17H17ClN4OS2. The zero-order chi connectivity index (χ0) is 17.2. The van der Waals surface area contributed by atoms with E-state index in [0.717, 1.165) is 63.0 Å². The van der Waals surface area contributed by atoms with E-state index >= 15 is 0 Å². The van der Waals surface area contributed by atoms with E-state index in [1.165, 1.54) is 0 Å². The van der Waals surface area contributed by atoms with E-state index < -0.39 is 0 Å². The molecule has 0 unspecified atom stereocenters. The third-order valence-electron chi connectivity index (χ3n) is 4.16. The minimum atomic E-state index is 0.683. The van der Waals surface area contributed by atoms with Crippen LogP contribution in [0.1, 0.15) is 11.3 Å². The van der Waals surface area contributed by atoms with Crippen LogP contribution in [0.3, 0.4) is 0 Å². The number of anilines is 1. The number of nitrogens with zero attached hydrogens (tertiary/aromatic N) is 4. The summed E-state index contributed by atoms with van der Waals surface area (Å²) in [4.78, 5) is 6.94. The topological polar surface area (TPSA) is 51.1 Å². The van der Waals surface area contributed by atoms with Gasteiger partial charge in [-0.2, -0.15) is 0 Å². The monoisotopic (exact) mass is 392 g/mol. The Bertz CT molecular complexity index is 895. The average Bonchev–Trinajstić information content (AvgIpc) is 3.13. The highest BCUT2D eigenvalue weighted by atomic mass is 35.5. The van der Waals surface area contributed by atoms with Crippen LogP contribution in [0.15, 0.2) is 28.6 Å². The Balaban J connectivity index is 1.51. The molecule has 1 aliphatic rings. The van der Waals surface area contributed by atoms with Gasteiger partial charge in [0.2, 0.25) is 5.13 Å². The molecule has 1 aromatic carbocycles. The van der Waals surface area contributed by atoms with Crippen LogP contribution in [-0.4, -0.2) is 41.5 Å². The number of halogens is 1. The number of rotatable bonds is 4. The van der Waals surface area contributed by atoms with Crippen LogP contribution in [0.4, 0.5) is 5.13 Å². The molecule has 5 nitrogen and oxygen atoms in total. The molecule has 0 spiro atoms. The van der Waals surface area contributed by atoms with Crippen molar-refractivity contribution in [1.82, 2.24) is 15.2 Å². The lowest BCUT2D eigenvalue weighted by atomic mass is 10.1. The zero-order valence-electron chi connectivity index (χ0n) is 13.7. The van der Waals surface area contributed by atoms with Crippen molar-refractivity contribution in [2.75, 3.05) is 31.2 Å². The smallest absolute Gasteiger partial charge is 0.209 e. The van der Waals surface area contributed by atoms with Crippen molar-refractivity contribution in [2.24, 2.45) is 0 Å². The largest absolute Gasteiger partial charge is 0.378 e. The summed E-state index contributed by atoms with van der Waals surface area (Å²) in [7, 11) is 0. The SMILES string of the molecule is Cc1c(Cl)c(CSc2nnc(N3CCOCC3)s2)nc2ccccc12. The van der Waals surface area contributed by atoms with Gasteiger partial charge in [-0.25, -0.2) is 0 Å². The van der Waals surface area contributed by atoms with Crippen LogP contribution < -0.4 is 4.90 Å². The lowest BCUT2D eigenvalue weighted by Gasteiger charge is -2.25. The molecule has 0 amide bonds. The number of pyridine rings is 1. The molecule has 130 valence electrons. The summed E-state index contributed by atoms with van der Waals surface area (Å²) in [5.74, 6) is 0.683. The highest BCUT2D eigenvalue weighted by molar-refractivity contribution is 8.00. The first kappa shape index (κ1) is 17.0. The van der Waals surface area contributed by atoms with E-state index in [-0.39, 0.29) is 0 Å². The van der Waals surface area contributed by atoms with E-state index in [2.05, 4.69) is 21.2 Å². The first-order valence-corrected chi connectivity index (χ1v) is 10.2. The number of para-hydroxylation sites is 1. The van der Waals surface area contributed by atoms with Gasteiger partial charge in [0.1, 0.15) is 0 Å². The molecule has 1 aliphatic heterocycles. The Hall–Kier alpha value is -1.41. The van der Waals surface area contributed by atoms with Crippen molar-refractivity contribution in [3.63, 3.8) is 0 Å². The highest BCUT2D eigenvalue weighted by Gasteiger charge is 2.17. The first-order chi connectivity index (χ1) is 12.2. The van der Waals surface area contributed by atoms with Gasteiger partial charge in [-0.3, -0.25) is 4.98 Å². The summed E-state index contributed by atoms with van der Waals surface area (Å²) in [5, 5.41) is 11.4. The molecule has 0 saturated carbocycles. The fourth-order valence-corrected chi connectivity index (χ4v) is 4.91. The van der Waals surface area contributed by atoms with Crippen molar-refractivity contribution in [3.05, 3.63) is 40.5 Å². The van der Waals surface area contributed by atoms with Gasteiger partial charge >= 0.3 is 0 Å². The fourth-order valence-electron chi connectivity index (χ4n) is 2.79. The van der Waals surface area contributed by atoms with Crippen molar-refractivity contribution >= 4 is 50.7 Å². The van der Waals surface area contributed by atoms with Crippen LogP contribution in [0.5, 0.6) is 0 Å². The predicted octanol–water partition coefficient (Wildman–Crippen LogP) is 4.18. The maximum absolute atomic E-state index is 6.53. The van der Waals surface area contributed by atoms with E-state index in [0.29, 0.717) is 5.75 Å². The van der Waals surface area contributed by atoms with Crippen LogP contribution in [-0.2, 0) is 10.5 Å². The summed E-state index contributed by atoms with van der Waals surface area (Å²) in [6, 6.07) is 8.09. The van der Waals surface area contributed by atoms with Gasteiger partial charge < -0.3 is 9.64 Å². The number of hydrogen-bond acceptors (Lipinski definition) is 7. The number of aryl methyl sites for hydroxylation is 1. The minimum Gasteiger partial charge on any atom is -0.378 e. The lowest BCUT2D eigenvalue weighted by Crippen LogP contribution is -2.36. The summed E-state index contributed by atoms with van der Waals surface area (Å²) >= 11 is 9.78. The Kier molecular flexibility index (Phi) is 5.08. The number of aromatic nitrogens is 3. The second-order valence-electron chi connectivity index (χ2n) is 5.75. The maximum Gasteiger partial charge on any atom is 0.209 e. The van der Waals surface area contributed by atoms with Gasteiger partial charge in [0.15, 0.2) is 4.34 Å². The van der Waals surface area contributed by atoms with E-state index in [1.807, 2.05) is 25.1 Å². The second-order valence-corrected chi connectivity index (χ2v) is 8.31. The molecule has 1 saturated heterocycles. The van der Waals surface area contributed by atoms with Gasteiger partial charge in [0.05, 0.1) is 29.4 Å². The molecular weight excluding hydrogens is 376 g/mol. The summed E-state index contributed by atoms with van der Waals surface area (Å²) < 4.78 is 6.31. The van der Waals surface area contributed by atoms with E-state index in [1.54, 1.807) is 23.1 Å². The predicted molar refractivity (Wildman–Crippen MR) is 104 cm³/mol. The van der Waals surface area contributed by atoms with E-state index in [9.17, 15) is 0 Å². The third-order valence-corrected chi connectivity index (χ3v) is 6.79. The normalized spacial score (nSPS) is 15.0. The number of benzene rings is 1. The van der Waals surface area contributed by atoms with Crippen molar-refractivity contribution in [3.8, 4) is 0 Å². The molecule has 8 heteroatoms. The first-order valence-electron chi connectivity index (χ1n) is 8.05. The molecule has 0 N–H and O–H groups in total. The molecule has 4 rings (SSSR count). The summed E-state index contributed by atoms with van der Waals surface area (Å²) in [5.41, 5.74) is 2.95. The maximum atomic E-state index is 6.53. The molecule has 0 atom stereocenters. The molecule has 2 aromatic heterocycles. The van der Waals surface area contributed by atoms with Crippen molar-refractivity contribution in [1.29, 1.82) is 0 Å². The van der Waals surface area contributed by atoms with Crippen molar-refractivity contribution < 1.29 is 4.74 Å². The van der Waals surface area contributed by atoms with Gasteiger partial charge in [-0.05, 0) is 18.6 Å². The molecule has 0 aliphatic carbocycles. The molecule has 3 heterocycles. The molecule has 0 bridgehead atoms. The Labute approximate surface area is 159 Å². The minimum absolute atomic E-state index is 0.683. The van der Waals surface area contributed by atoms with Gasteiger partial charge in [-0.1, -0.05) is 52.9 Å². The van der Waals surface area contributed by atoms with Gasteiger partial charge in [0, 0.05) is 24.2 Å². The molecule has 0 radical (unpaired) electrons. The quantitative estimate of drug-likeness (QED) is 0.621. The summed E-state index contributed by atoms with van der Waals surface area (Å²) in [6.07, 6.45) is 0. The number of morpholine rings is 1. The van der Waals surface area contributed by atoms with Crippen LogP contribution in [0, 0.1) is 6.92 Å². The standard InChI is InChI=1S/C17H17ClN4OS2/c1-11-12-4-2-3-5-13(12)19-14(15(11)18)10-24-17-21-20-16(25-17)22-6-8-23-9-7-22/h2-5H,6-10H2,1H3. The Morgan fingerprint density at radius 3 is 2.88 bits per heavy atom. The second kappa shape index (κ2) is 7.45. The van der Waals surface area contributed by atoms with Crippen LogP contribution in [0.25, 0.3) is 10.9 Å². The molecule has 3 aromatic rings. The number of fused-ring (bicyclic) bond motifs is 1. The van der Waals surface area contributed by atoms with Gasteiger partial charge in [0.25, 0.3) is 0 Å². The molecule has 1 fully saturated rings. The van der Waals surface area contributed by atoms with Crippen LogP contribution >= 0.6 is 34.7 Å². The number of thioether (sulfide) groups is 1. The number of hydrogen-bond donors (Lipinski definition) is 0. The van der Waals surface area contributed by atoms with E-state index in [4.69, 9.17) is 21.3 Å². The summed E-state index contributed by atoms with van der Waals surface area (Å²) in [6.45, 7) is 5.28. The Morgan fingerprint density at radius 2 is 2.04 bits per heavy atom. The van der Waals surface area contributed by atoms with Crippen molar-refractivity contribution in [2.45, 2.75) is 17.0 Å². The lowest BCUT2D eigenvalue weighted by molar-refractivity contribution is 0.122. The third kappa shape index (κ3) is 3.60. The average molecular weight is 393 g/mol. The fraction of sp³-hybridized carbons (Fsp3) is 0.353. The highest BCUT2D eigenvalue weighted by Crippen LogP contribution is 2.34. The Morgan fingerprint density at radius 1 is 1.24 bits per heavy atom. The van der Waals surface area contributed by atoms with Crippen LogP contribution in [0.2, 0.25) is 5.02 Å². The molecule has 25 heavy (non-hydrogen) atoms. The number of ether oxygens (including phenoxy) is 1. The van der Waals surface area contributed by atoms with Gasteiger partial charge in [-0.15, -0.1) is 10.2 Å². The zero-order valence-corrected chi connectivity index (χ0v) is 16.1.